The van der Waals surface area contributed by atoms with Crippen molar-refractivity contribution in [2.45, 2.75) is 6.92 Å². The lowest BCUT2D eigenvalue weighted by atomic mass is 9.95. The SMILES string of the molecule is CC1=CC(=O)C2C(=O)N(C)C(=O)N(C)C2=N1. The zero-order valence-electron chi connectivity index (χ0n) is 9.22. The molecule has 1 unspecified atom stereocenters. The monoisotopic (exact) mass is 221 g/mol. The van der Waals surface area contributed by atoms with Crippen molar-refractivity contribution in [3.63, 3.8) is 0 Å². The first-order valence-corrected chi connectivity index (χ1v) is 4.79. The Morgan fingerprint density at radius 3 is 2.44 bits per heavy atom. The van der Waals surface area contributed by atoms with Crippen LogP contribution in [0.1, 0.15) is 6.92 Å². The summed E-state index contributed by atoms with van der Waals surface area (Å²) in [6.07, 6.45) is 1.32. The summed E-state index contributed by atoms with van der Waals surface area (Å²) in [7, 11) is 2.86. The predicted octanol–water partition coefficient (Wildman–Crippen LogP) is 0.0114. The fourth-order valence-electron chi connectivity index (χ4n) is 1.81. The molecule has 3 amide bonds. The Bertz CT molecular complexity index is 464. The second-order valence-corrected chi connectivity index (χ2v) is 3.83. The van der Waals surface area contributed by atoms with E-state index in [1.807, 2.05) is 0 Å². The molecule has 0 aromatic heterocycles. The van der Waals surface area contributed by atoms with Gasteiger partial charge in [-0.2, -0.15) is 0 Å². The number of nitrogens with zero attached hydrogens (tertiary/aromatic N) is 3. The summed E-state index contributed by atoms with van der Waals surface area (Å²) in [5.74, 6) is -1.58. The van der Waals surface area contributed by atoms with Crippen LogP contribution in [-0.4, -0.2) is 47.5 Å². The largest absolute Gasteiger partial charge is 0.331 e. The van der Waals surface area contributed by atoms with Gasteiger partial charge in [-0.1, -0.05) is 0 Å². The third kappa shape index (κ3) is 1.26. The number of carbonyl (C=O) groups is 3. The van der Waals surface area contributed by atoms with Gasteiger partial charge in [0.2, 0.25) is 5.91 Å². The standard InChI is InChI=1S/C10H11N3O3/c1-5-4-6(14)7-8(11-5)12(2)10(16)13(3)9(7)15/h4,7H,1-3H3. The molecule has 0 saturated carbocycles. The minimum atomic E-state index is -0.962. The lowest BCUT2D eigenvalue weighted by Crippen LogP contribution is -2.59. The van der Waals surface area contributed by atoms with E-state index >= 15 is 0 Å². The van der Waals surface area contributed by atoms with Crippen molar-refractivity contribution in [3.8, 4) is 0 Å². The summed E-state index contributed by atoms with van der Waals surface area (Å²) in [5, 5.41) is 0. The molecule has 84 valence electrons. The number of carbonyl (C=O) groups excluding carboxylic acids is 3. The van der Waals surface area contributed by atoms with Gasteiger partial charge in [0.15, 0.2) is 11.7 Å². The minimum Gasteiger partial charge on any atom is -0.293 e. The first-order chi connectivity index (χ1) is 7.43. The third-order valence-electron chi connectivity index (χ3n) is 2.68. The Labute approximate surface area is 92.2 Å². The van der Waals surface area contributed by atoms with Gasteiger partial charge < -0.3 is 0 Å². The zero-order valence-corrected chi connectivity index (χ0v) is 9.22. The molecule has 0 bridgehead atoms. The Morgan fingerprint density at radius 2 is 1.81 bits per heavy atom. The quantitative estimate of drug-likeness (QED) is 0.541. The molecular formula is C10H11N3O3. The predicted molar refractivity (Wildman–Crippen MR) is 55.6 cm³/mol. The van der Waals surface area contributed by atoms with Crippen molar-refractivity contribution in [1.29, 1.82) is 0 Å². The fourth-order valence-corrected chi connectivity index (χ4v) is 1.81. The molecule has 1 saturated heterocycles. The van der Waals surface area contributed by atoms with Crippen molar-refractivity contribution >= 4 is 23.6 Å². The van der Waals surface area contributed by atoms with E-state index in [2.05, 4.69) is 4.99 Å². The molecule has 0 N–H and O–H groups in total. The molecule has 0 spiro atoms. The number of hydrogen-bond donors (Lipinski definition) is 0. The van der Waals surface area contributed by atoms with Crippen LogP contribution in [0.15, 0.2) is 16.8 Å². The van der Waals surface area contributed by atoms with Crippen LogP contribution in [0.2, 0.25) is 0 Å². The highest BCUT2D eigenvalue weighted by atomic mass is 16.2. The highest BCUT2D eigenvalue weighted by molar-refractivity contribution is 6.30. The van der Waals surface area contributed by atoms with Crippen molar-refractivity contribution in [2.24, 2.45) is 10.9 Å². The van der Waals surface area contributed by atoms with Gasteiger partial charge in [-0.15, -0.1) is 0 Å². The second-order valence-electron chi connectivity index (χ2n) is 3.83. The molecule has 1 atom stereocenters. The van der Waals surface area contributed by atoms with E-state index in [1.54, 1.807) is 6.92 Å². The van der Waals surface area contributed by atoms with Crippen LogP contribution >= 0.6 is 0 Å². The van der Waals surface area contributed by atoms with Gasteiger partial charge in [-0.25, -0.2) is 9.79 Å². The number of amidine groups is 1. The third-order valence-corrected chi connectivity index (χ3v) is 2.68. The van der Waals surface area contributed by atoms with Gasteiger partial charge in [0.05, 0.1) is 0 Å². The van der Waals surface area contributed by atoms with Gasteiger partial charge in [0.25, 0.3) is 0 Å². The van der Waals surface area contributed by atoms with Crippen LogP contribution in [0.3, 0.4) is 0 Å². The fraction of sp³-hybridized carbons (Fsp3) is 0.400. The summed E-state index contributed by atoms with van der Waals surface area (Å²) >= 11 is 0. The smallest absolute Gasteiger partial charge is 0.293 e. The van der Waals surface area contributed by atoms with Crippen LogP contribution < -0.4 is 0 Å². The van der Waals surface area contributed by atoms with Gasteiger partial charge in [0.1, 0.15) is 5.84 Å². The maximum Gasteiger partial charge on any atom is 0.331 e. The van der Waals surface area contributed by atoms with E-state index in [1.165, 1.54) is 25.1 Å². The molecule has 0 aromatic rings. The summed E-state index contributed by atoms with van der Waals surface area (Å²) in [6.45, 7) is 1.65. The molecule has 6 heteroatoms. The lowest BCUT2D eigenvalue weighted by molar-refractivity contribution is -0.135. The molecule has 16 heavy (non-hydrogen) atoms. The molecule has 2 rings (SSSR count). The van der Waals surface area contributed by atoms with Crippen LogP contribution in [0.4, 0.5) is 4.79 Å². The second kappa shape index (κ2) is 3.26. The van der Waals surface area contributed by atoms with Crippen molar-refractivity contribution in [1.82, 2.24) is 9.80 Å². The van der Waals surface area contributed by atoms with E-state index in [-0.39, 0.29) is 11.6 Å². The molecule has 0 radical (unpaired) electrons. The number of amides is 3. The van der Waals surface area contributed by atoms with E-state index in [9.17, 15) is 14.4 Å². The molecule has 2 heterocycles. The molecule has 2 aliphatic rings. The highest BCUT2D eigenvalue weighted by Crippen LogP contribution is 2.22. The Balaban J connectivity index is 2.52. The molecule has 0 aliphatic carbocycles. The van der Waals surface area contributed by atoms with E-state index in [4.69, 9.17) is 0 Å². The van der Waals surface area contributed by atoms with Gasteiger partial charge >= 0.3 is 6.03 Å². The van der Waals surface area contributed by atoms with Gasteiger partial charge in [-0.05, 0) is 6.92 Å². The van der Waals surface area contributed by atoms with Crippen LogP contribution in [0, 0.1) is 5.92 Å². The normalized spacial score (nSPS) is 25.4. The van der Waals surface area contributed by atoms with Crippen LogP contribution in [0.25, 0.3) is 0 Å². The average molecular weight is 221 g/mol. The first kappa shape index (κ1) is 10.5. The summed E-state index contributed by atoms with van der Waals surface area (Å²) in [6, 6.07) is -0.470. The molecule has 6 nitrogen and oxygen atoms in total. The van der Waals surface area contributed by atoms with Crippen molar-refractivity contribution in [3.05, 3.63) is 11.8 Å². The first-order valence-electron chi connectivity index (χ1n) is 4.79. The maximum absolute atomic E-state index is 11.8. The van der Waals surface area contributed by atoms with Crippen LogP contribution in [-0.2, 0) is 9.59 Å². The number of fused-ring (bicyclic) bond motifs is 1. The number of imide groups is 1. The van der Waals surface area contributed by atoms with Gasteiger partial charge in [-0.3, -0.25) is 19.4 Å². The van der Waals surface area contributed by atoms with E-state index in [0.29, 0.717) is 5.70 Å². The molecular weight excluding hydrogens is 210 g/mol. The number of aliphatic imine (C=N–C) groups is 1. The average Bonchev–Trinajstić information content (AvgIpc) is 2.22. The Hall–Kier alpha value is -1.98. The lowest BCUT2D eigenvalue weighted by Gasteiger charge is -2.35. The summed E-state index contributed by atoms with van der Waals surface area (Å²) < 4.78 is 0. The topological polar surface area (TPSA) is 70.1 Å². The molecule has 2 aliphatic heterocycles. The van der Waals surface area contributed by atoms with Crippen molar-refractivity contribution < 1.29 is 14.4 Å². The minimum absolute atomic E-state index is 0.220. The maximum atomic E-state index is 11.8. The van der Waals surface area contributed by atoms with E-state index in [0.717, 1.165) is 4.90 Å². The van der Waals surface area contributed by atoms with E-state index < -0.39 is 17.9 Å². The van der Waals surface area contributed by atoms with Crippen molar-refractivity contribution in [2.75, 3.05) is 14.1 Å². The summed E-state index contributed by atoms with van der Waals surface area (Å²) in [4.78, 5) is 41.4. The number of urea groups is 1. The number of hydrogen-bond acceptors (Lipinski definition) is 4. The Morgan fingerprint density at radius 1 is 1.19 bits per heavy atom. The molecule has 1 fully saturated rings. The molecule has 0 aromatic carbocycles. The number of rotatable bonds is 0. The zero-order chi connectivity index (χ0) is 12.0. The number of ketones is 1. The Kier molecular flexibility index (Phi) is 2.15. The van der Waals surface area contributed by atoms with Gasteiger partial charge in [0, 0.05) is 25.9 Å². The van der Waals surface area contributed by atoms with Crippen LogP contribution in [0.5, 0.6) is 0 Å². The number of allylic oxidation sites excluding steroid dienone is 2. The highest BCUT2D eigenvalue weighted by Gasteiger charge is 2.45. The summed E-state index contributed by atoms with van der Waals surface area (Å²) in [5.41, 5.74) is 0.508.